The number of nitrogens with zero attached hydrogens (tertiary/aromatic N) is 3. The molecule has 0 bridgehead atoms. The monoisotopic (exact) mass is 514 g/mol. The van der Waals surface area contributed by atoms with Crippen molar-refractivity contribution in [3.05, 3.63) is 89.1 Å². The van der Waals surface area contributed by atoms with E-state index in [0.29, 0.717) is 37.3 Å². The lowest BCUT2D eigenvalue weighted by Crippen LogP contribution is -2.43. The van der Waals surface area contributed by atoms with Crippen molar-refractivity contribution < 1.29 is 28.2 Å². The number of rotatable bonds is 7. The molecule has 1 aliphatic heterocycles. The van der Waals surface area contributed by atoms with Gasteiger partial charge in [0.2, 0.25) is 0 Å². The van der Waals surface area contributed by atoms with Gasteiger partial charge in [0.15, 0.2) is 11.5 Å². The van der Waals surface area contributed by atoms with E-state index < -0.39 is 29.4 Å². The second-order valence-electron chi connectivity index (χ2n) is 9.37. The van der Waals surface area contributed by atoms with E-state index in [4.69, 9.17) is 0 Å². The van der Waals surface area contributed by atoms with E-state index in [2.05, 4.69) is 15.5 Å². The molecule has 0 aliphatic carbocycles. The highest BCUT2D eigenvalue weighted by atomic mass is 19.4. The number of anilines is 1. The molecule has 1 saturated heterocycles. The summed E-state index contributed by atoms with van der Waals surface area (Å²) in [5.41, 5.74) is -1.79. The Hall–Kier alpha value is -3.50. The molecular formula is C27H29F3N4O3. The van der Waals surface area contributed by atoms with Crippen LogP contribution in [0.4, 0.5) is 19.0 Å². The fourth-order valence-corrected chi connectivity index (χ4v) is 4.75. The number of amides is 1. The average molecular weight is 515 g/mol. The molecule has 2 aromatic carbocycles. The number of aromatic nitrogens is 2. The SMILES string of the molecule is CC(O)(c1ccccc1C(F)(F)F)C1CCN(c2ccc(C(=O)NCC(O)c3ccccc3)nn2)CC1. The highest BCUT2D eigenvalue weighted by Crippen LogP contribution is 2.42. The Morgan fingerprint density at radius 3 is 2.22 bits per heavy atom. The molecule has 0 spiro atoms. The van der Waals surface area contributed by atoms with Crippen LogP contribution < -0.4 is 10.2 Å². The number of carbonyl (C=O) groups is 1. The molecule has 196 valence electrons. The molecular weight excluding hydrogens is 485 g/mol. The van der Waals surface area contributed by atoms with E-state index in [9.17, 15) is 28.2 Å². The van der Waals surface area contributed by atoms with Gasteiger partial charge >= 0.3 is 6.18 Å². The average Bonchev–Trinajstić information content (AvgIpc) is 2.91. The minimum Gasteiger partial charge on any atom is -0.387 e. The molecule has 7 nitrogen and oxygen atoms in total. The summed E-state index contributed by atoms with van der Waals surface area (Å²) >= 11 is 0. The Bertz CT molecular complexity index is 1200. The molecule has 37 heavy (non-hydrogen) atoms. The standard InChI is InChI=1S/C27H29F3N4O3/c1-26(37,20-9-5-6-10-21(20)27(28,29)30)19-13-15-34(16-14-19)24-12-11-22(32-33-24)25(36)31-17-23(35)18-7-3-2-4-8-18/h2-12,19,23,35,37H,13-17H2,1H3,(H,31,36). The Morgan fingerprint density at radius 1 is 1.00 bits per heavy atom. The minimum atomic E-state index is -4.55. The van der Waals surface area contributed by atoms with Gasteiger partial charge in [-0.1, -0.05) is 48.5 Å². The van der Waals surface area contributed by atoms with Crippen LogP contribution in [0.2, 0.25) is 0 Å². The van der Waals surface area contributed by atoms with Crippen molar-refractivity contribution in [2.75, 3.05) is 24.5 Å². The van der Waals surface area contributed by atoms with Gasteiger partial charge in [0, 0.05) is 19.6 Å². The molecule has 1 fully saturated rings. The van der Waals surface area contributed by atoms with Gasteiger partial charge in [0.1, 0.15) is 0 Å². The largest absolute Gasteiger partial charge is 0.416 e. The van der Waals surface area contributed by atoms with E-state index in [1.807, 2.05) is 11.0 Å². The molecule has 4 rings (SSSR count). The van der Waals surface area contributed by atoms with Crippen LogP contribution in [0, 0.1) is 5.92 Å². The van der Waals surface area contributed by atoms with Gasteiger partial charge in [0.25, 0.3) is 5.91 Å². The highest BCUT2D eigenvalue weighted by molar-refractivity contribution is 5.92. The summed E-state index contributed by atoms with van der Waals surface area (Å²) in [6, 6.07) is 17.3. The van der Waals surface area contributed by atoms with Gasteiger partial charge in [-0.2, -0.15) is 13.2 Å². The third-order valence-corrected chi connectivity index (χ3v) is 6.92. The van der Waals surface area contributed by atoms with Crippen LogP contribution in [0.1, 0.15) is 53.0 Å². The number of halogens is 3. The van der Waals surface area contributed by atoms with Gasteiger partial charge in [-0.3, -0.25) is 4.79 Å². The number of alkyl halides is 3. The van der Waals surface area contributed by atoms with E-state index in [0.717, 1.165) is 6.07 Å². The maximum atomic E-state index is 13.5. The molecule has 0 saturated carbocycles. The summed E-state index contributed by atoms with van der Waals surface area (Å²) in [5.74, 6) is -0.303. The van der Waals surface area contributed by atoms with Crippen LogP contribution in [0.5, 0.6) is 0 Å². The molecule has 3 aromatic rings. The fourth-order valence-electron chi connectivity index (χ4n) is 4.75. The van der Waals surface area contributed by atoms with Crippen LogP contribution in [0.25, 0.3) is 0 Å². The zero-order chi connectivity index (χ0) is 26.6. The second-order valence-corrected chi connectivity index (χ2v) is 9.37. The summed E-state index contributed by atoms with van der Waals surface area (Å²) in [6.07, 6.45) is -4.48. The number of benzene rings is 2. The summed E-state index contributed by atoms with van der Waals surface area (Å²) in [7, 11) is 0. The van der Waals surface area contributed by atoms with Crippen molar-refractivity contribution in [1.82, 2.24) is 15.5 Å². The first kappa shape index (κ1) is 26.6. The molecule has 3 N–H and O–H groups in total. The van der Waals surface area contributed by atoms with Gasteiger partial charge < -0.3 is 20.4 Å². The molecule has 1 amide bonds. The highest BCUT2D eigenvalue weighted by Gasteiger charge is 2.43. The van der Waals surface area contributed by atoms with Gasteiger partial charge in [-0.15, -0.1) is 10.2 Å². The Labute approximate surface area is 213 Å². The number of aliphatic hydroxyl groups excluding tert-OH is 1. The first-order valence-corrected chi connectivity index (χ1v) is 12.1. The summed E-state index contributed by atoms with van der Waals surface area (Å²) < 4.78 is 40.5. The Balaban J connectivity index is 1.34. The van der Waals surface area contributed by atoms with E-state index in [-0.39, 0.29) is 23.7 Å². The van der Waals surface area contributed by atoms with E-state index >= 15 is 0 Å². The van der Waals surface area contributed by atoms with Crippen LogP contribution >= 0.6 is 0 Å². The van der Waals surface area contributed by atoms with Crippen LogP contribution in [-0.2, 0) is 11.8 Å². The Morgan fingerprint density at radius 2 is 1.62 bits per heavy atom. The van der Waals surface area contributed by atoms with Crippen LogP contribution in [0.3, 0.4) is 0 Å². The molecule has 10 heteroatoms. The second kappa shape index (κ2) is 10.9. The van der Waals surface area contributed by atoms with Crippen molar-refractivity contribution in [3.8, 4) is 0 Å². The fraction of sp³-hybridized carbons (Fsp3) is 0.370. The number of aliphatic hydroxyl groups is 2. The normalized spacial score (nSPS) is 17.2. The first-order valence-electron chi connectivity index (χ1n) is 12.1. The lowest BCUT2D eigenvalue weighted by Gasteiger charge is -2.41. The minimum absolute atomic E-state index is 0.0250. The number of carbonyl (C=O) groups excluding carboxylic acids is 1. The zero-order valence-corrected chi connectivity index (χ0v) is 20.3. The van der Waals surface area contributed by atoms with Crippen molar-refractivity contribution in [1.29, 1.82) is 0 Å². The molecule has 0 radical (unpaired) electrons. The molecule has 1 aromatic heterocycles. The third-order valence-electron chi connectivity index (χ3n) is 6.92. The van der Waals surface area contributed by atoms with Crippen LogP contribution in [-0.4, -0.2) is 46.0 Å². The van der Waals surface area contributed by atoms with Crippen molar-refractivity contribution >= 4 is 11.7 Å². The predicted molar refractivity (Wildman–Crippen MR) is 132 cm³/mol. The topological polar surface area (TPSA) is 98.6 Å². The van der Waals surface area contributed by atoms with E-state index in [1.165, 1.54) is 31.2 Å². The third kappa shape index (κ3) is 6.08. The first-order chi connectivity index (χ1) is 17.6. The summed E-state index contributed by atoms with van der Waals surface area (Å²) in [6.45, 7) is 2.41. The molecule has 2 atom stereocenters. The maximum absolute atomic E-state index is 13.5. The van der Waals surface area contributed by atoms with Gasteiger partial charge in [-0.05, 0) is 55.0 Å². The number of nitrogens with one attached hydrogen (secondary N) is 1. The van der Waals surface area contributed by atoms with Gasteiger partial charge in [-0.25, -0.2) is 0 Å². The van der Waals surface area contributed by atoms with Crippen molar-refractivity contribution in [2.45, 2.75) is 37.6 Å². The maximum Gasteiger partial charge on any atom is 0.416 e. The lowest BCUT2D eigenvalue weighted by molar-refractivity contribution is -0.141. The van der Waals surface area contributed by atoms with Crippen LogP contribution in [0.15, 0.2) is 66.7 Å². The zero-order valence-electron chi connectivity index (χ0n) is 20.3. The summed E-state index contributed by atoms with van der Waals surface area (Å²) in [4.78, 5) is 14.3. The predicted octanol–water partition coefficient (Wildman–Crippen LogP) is 4.08. The van der Waals surface area contributed by atoms with Crippen molar-refractivity contribution in [3.63, 3.8) is 0 Å². The molecule has 1 aliphatic rings. The van der Waals surface area contributed by atoms with Crippen molar-refractivity contribution in [2.24, 2.45) is 5.92 Å². The quantitative estimate of drug-likeness (QED) is 0.440. The molecule has 2 heterocycles. The lowest BCUT2D eigenvalue weighted by atomic mass is 9.76. The smallest absolute Gasteiger partial charge is 0.387 e. The van der Waals surface area contributed by atoms with Gasteiger partial charge in [0.05, 0.1) is 17.3 Å². The number of piperidine rings is 1. The Kier molecular flexibility index (Phi) is 7.79. The summed E-state index contributed by atoms with van der Waals surface area (Å²) in [5, 5.41) is 32.1. The number of hydrogen-bond acceptors (Lipinski definition) is 6. The molecule has 2 unspecified atom stereocenters. The van der Waals surface area contributed by atoms with E-state index in [1.54, 1.807) is 30.3 Å². The number of hydrogen-bond donors (Lipinski definition) is 3.